The second-order valence-electron chi connectivity index (χ2n) is 3.01. The second kappa shape index (κ2) is 5.18. The average molecular weight is 240 g/mol. The molecule has 0 bridgehead atoms. The predicted octanol–water partition coefficient (Wildman–Crippen LogP) is 3.50. The predicted molar refractivity (Wildman–Crippen MR) is 61.2 cm³/mol. The van der Waals surface area contributed by atoms with Gasteiger partial charge in [-0.25, -0.2) is 0 Å². The molecule has 1 aromatic rings. The summed E-state index contributed by atoms with van der Waals surface area (Å²) in [7, 11) is 0. The van der Waals surface area contributed by atoms with E-state index in [9.17, 15) is 0 Å². The molecular formula is C11H14BrN. The quantitative estimate of drug-likeness (QED) is 0.737. The molecule has 0 aliphatic rings. The number of alkyl halides is 1. The Labute approximate surface area is 88.0 Å². The van der Waals surface area contributed by atoms with Crippen molar-refractivity contribution in [2.45, 2.75) is 20.3 Å². The third-order valence-corrected chi connectivity index (χ3v) is 2.30. The Bertz CT molecular complexity index is 305. The molecular weight excluding hydrogens is 226 g/mol. The zero-order valence-electron chi connectivity index (χ0n) is 8.05. The van der Waals surface area contributed by atoms with Crippen LogP contribution in [0.2, 0.25) is 0 Å². The van der Waals surface area contributed by atoms with E-state index in [0.717, 1.165) is 23.1 Å². The van der Waals surface area contributed by atoms with E-state index in [-0.39, 0.29) is 0 Å². The highest BCUT2D eigenvalue weighted by molar-refractivity contribution is 9.09. The van der Waals surface area contributed by atoms with Crippen molar-refractivity contribution in [3.8, 4) is 0 Å². The van der Waals surface area contributed by atoms with Gasteiger partial charge in [-0.2, -0.15) is 0 Å². The fourth-order valence-electron chi connectivity index (χ4n) is 1.15. The zero-order valence-corrected chi connectivity index (χ0v) is 9.63. The van der Waals surface area contributed by atoms with Crippen molar-refractivity contribution in [2.75, 3.05) is 5.33 Å². The smallest absolute Gasteiger partial charge is 0.0447 e. The minimum atomic E-state index is 1.02. The number of pyridine rings is 1. The van der Waals surface area contributed by atoms with Gasteiger partial charge in [-0.3, -0.25) is 4.98 Å². The Kier molecular flexibility index (Phi) is 4.16. The van der Waals surface area contributed by atoms with Crippen molar-refractivity contribution in [3.63, 3.8) is 0 Å². The third-order valence-electron chi connectivity index (χ3n) is 1.84. The molecule has 0 amide bonds. The first-order valence-electron chi connectivity index (χ1n) is 4.41. The van der Waals surface area contributed by atoms with Crippen LogP contribution in [0.3, 0.4) is 0 Å². The number of rotatable bonds is 3. The molecule has 13 heavy (non-hydrogen) atoms. The third kappa shape index (κ3) is 3.31. The van der Waals surface area contributed by atoms with Crippen LogP contribution in [0.25, 0.3) is 6.08 Å². The number of halogens is 1. The summed E-state index contributed by atoms with van der Waals surface area (Å²) in [5, 5.41) is 1.02. The van der Waals surface area contributed by atoms with Crippen LogP contribution in [0, 0.1) is 13.8 Å². The summed E-state index contributed by atoms with van der Waals surface area (Å²) in [6, 6.07) is 4.16. The van der Waals surface area contributed by atoms with E-state index >= 15 is 0 Å². The minimum absolute atomic E-state index is 1.02. The molecule has 1 nitrogen and oxygen atoms in total. The lowest BCUT2D eigenvalue weighted by Crippen LogP contribution is -1.88. The molecule has 0 N–H and O–H groups in total. The normalized spacial score (nSPS) is 11.0. The molecule has 0 saturated carbocycles. The van der Waals surface area contributed by atoms with Gasteiger partial charge < -0.3 is 0 Å². The lowest BCUT2D eigenvalue weighted by molar-refractivity contribution is 1.11. The lowest BCUT2D eigenvalue weighted by Gasteiger charge is -1.99. The van der Waals surface area contributed by atoms with E-state index < -0.39 is 0 Å². The van der Waals surface area contributed by atoms with Crippen LogP contribution in [0.15, 0.2) is 18.2 Å². The highest BCUT2D eigenvalue weighted by Gasteiger charge is 1.94. The SMILES string of the molecule is Cc1ccc(C=CCCBr)c(C)n1. The molecule has 0 aliphatic carbocycles. The first kappa shape index (κ1) is 10.5. The van der Waals surface area contributed by atoms with E-state index in [1.807, 2.05) is 19.9 Å². The van der Waals surface area contributed by atoms with Crippen molar-refractivity contribution < 1.29 is 0 Å². The van der Waals surface area contributed by atoms with Crippen molar-refractivity contribution >= 4 is 22.0 Å². The molecule has 0 radical (unpaired) electrons. The van der Waals surface area contributed by atoms with Crippen molar-refractivity contribution in [1.29, 1.82) is 0 Å². The number of hydrogen-bond acceptors (Lipinski definition) is 1. The fraction of sp³-hybridized carbons (Fsp3) is 0.364. The molecule has 0 aliphatic heterocycles. The van der Waals surface area contributed by atoms with Gasteiger partial charge in [-0.05, 0) is 31.9 Å². The van der Waals surface area contributed by atoms with Crippen LogP contribution in [0.1, 0.15) is 23.4 Å². The molecule has 0 atom stereocenters. The standard InChI is InChI=1S/C11H14BrN/c1-9-6-7-11(10(2)13-9)5-3-4-8-12/h3,5-7H,4,8H2,1-2H3. The highest BCUT2D eigenvalue weighted by Crippen LogP contribution is 2.08. The summed E-state index contributed by atoms with van der Waals surface area (Å²) in [6.07, 6.45) is 5.35. The van der Waals surface area contributed by atoms with E-state index in [0.29, 0.717) is 0 Å². The van der Waals surface area contributed by atoms with Gasteiger partial charge in [-0.15, -0.1) is 0 Å². The molecule has 0 fully saturated rings. The fourth-order valence-corrected chi connectivity index (χ4v) is 1.41. The van der Waals surface area contributed by atoms with Crippen LogP contribution in [0.4, 0.5) is 0 Å². The maximum atomic E-state index is 4.39. The Morgan fingerprint density at radius 2 is 2.15 bits per heavy atom. The average Bonchev–Trinajstić information content (AvgIpc) is 2.09. The van der Waals surface area contributed by atoms with Gasteiger partial charge in [0.15, 0.2) is 0 Å². The van der Waals surface area contributed by atoms with Gasteiger partial charge in [0, 0.05) is 16.7 Å². The van der Waals surface area contributed by atoms with E-state index in [1.165, 1.54) is 5.56 Å². The zero-order chi connectivity index (χ0) is 9.68. The Morgan fingerprint density at radius 3 is 2.77 bits per heavy atom. The van der Waals surface area contributed by atoms with E-state index in [4.69, 9.17) is 0 Å². The maximum Gasteiger partial charge on any atom is 0.0447 e. The van der Waals surface area contributed by atoms with Crippen molar-refractivity contribution in [3.05, 3.63) is 35.2 Å². The number of allylic oxidation sites excluding steroid dienone is 1. The lowest BCUT2D eigenvalue weighted by atomic mass is 10.1. The van der Waals surface area contributed by atoms with Crippen LogP contribution in [-0.4, -0.2) is 10.3 Å². The van der Waals surface area contributed by atoms with Gasteiger partial charge >= 0.3 is 0 Å². The molecule has 2 heteroatoms. The summed E-state index contributed by atoms with van der Waals surface area (Å²) < 4.78 is 0. The monoisotopic (exact) mass is 239 g/mol. The Balaban J connectivity index is 2.77. The van der Waals surface area contributed by atoms with E-state index in [1.54, 1.807) is 0 Å². The molecule has 1 rings (SSSR count). The van der Waals surface area contributed by atoms with E-state index in [2.05, 4.69) is 39.1 Å². The van der Waals surface area contributed by atoms with Crippen LogP contribution < -0.4 is 0 Å². The molecule has 0 aromatic carbocycles. The molecule has 0 unspecified atom stereocenters. The first-order valence-corrected chi connectivity index (χ1v) is 5.53. The summed E-state index contributed by atoms with van der Waals surface area (Å²) >= 11 is 3.39. The largest absolute Gasteiger partial charge is 0.258 e. The van der Waals surface area contributed by atoms with Crippen molar-refractivity contribution in [2.24, 2.45) is 0 Å². The molecule has 0 saturated heterocycles. The molecule has 70 valence electrons. The number of aryl methyl sites for hydroxylation is 2. The molecule has 1 heterocycles. The van der Waals surface area contributed by atoms with Gasteiger partial charge in [0.05, 0.1) is 0 Å². The number of aromatic nitrogens is 1. The summed E-state index contributed by atoms with van der Waals surface area (Å²) in [4.78, 5) is 4.39. The van der Waals surface area contributed by atoms with Crippen LogP contribution in [-0.2, 0) is 0 Å². The number of nitrogens with zero attached hydrogens (tertiary/aromatic N) is 1. The highest BCUT2D eigenvalue weighted by atomic mass is 79.9. The summed E-state index contributed by atoms with van der Waals surface area (Å²) in [6.45, 7) is 4.06. The molecule has 0 spiro atoms. The Hall–Kier alpha value is -0.630. The second-order valence-corrected chi connectivity index (χ2v) is 3.80. The van der Waals surface area contributed by atoms with Crippen LogP contribution >= 0.6 is 15.9 Å². The van der Waals surface area contributed by atoms with Gasteiger partial charge in [0.1, 0.15) is 0 Å². The minimum Gasteiger partial charge on any atom is -0.258 e. The van der Waals surface area contributed by atoms with Gasteiger partial charge in [0.2, 0.25) is 0 Å². The van der Waals surface area contributed by atoms with Gasteiger partial charge in [-0.1, -0.05) is 34.1 Å². The molecule has 1 aromatic heterocycles. The van der Waals surface area contributed by atoms with Gasteiger partial charge in [0.25, 0.3) is 0 Å². The first-order chi connectivity index (χ1) is 6.24. The van der Waals surface area contributed by atoms with Crippen LogP contribution in [0.5, 0.6) is 0 Å². The Morgan fingerprint density at radius 1 is 1.38 bits per heavy atom. The maximum absolute atomic E-state index is 4.39. The summed E-state index contributed by atoms with van der Waals surface area (Å²) in [5.41, 5.74) is 3.40. The van der Waals surface area contributed by atoms with Crippen molar-refractivity contribution in [1.82, 2.24) is 4.98 Å². The number of hydrogen-bond donors (Lipinski definition) is 0. The topological polar surface area (TPSA) is 12.9 Å². The summed E-state index contributed by atoms with van der Waals surface area (Å²) in [5.74, 6) is 0.